The molecule has 0 unspecified atom stereocenters. The predicted molar refractivity (Wildman–Crippen MR) is 95.2 cm³/mol. The summed E-state index contributed by atoms with van der Waals surface area (Å²) >= 11 is 5.67. The first-order valence-corrected chi connectivity index (χ1v) is 7.62. The van der Waals surface area contributed by atoms with Crippen LogP contribution in [0.2, 0.25) is 0 Å². The maximum Gasteiger partial charge on any atom is 0.113 e. The van der Waals surface area contributed by atoms with E-state index in [0.29, 0.717) is 6.04 Å². The second kappa shape index (κ2) is 7.19. The van der Waals surface area contributed by atoms with Crippen molar-refractivity contribution in [2.24, 2.45) is 0 Å². The number of nitrogens with zero attached hydrogens (tertiary/aromatic N) is 1. The van der Waals surface area contributed by atoms with Gasteiger partial charge in [-0.15, -0.1) is 0 Å². The van der Waals surface area contributed by atoms with Crippen LogP contribution in [0.25, 0.3) is 5.57 Å². The summed E-state index contributed by atoms with van der Waals surface area (Å²) in [4.78, 5) is 3.02. The van der Waals surface area contributed by atoms with Gasteiger partial charge in [-0.05, 0) is 31.9 Å². The summed E-state index contributed by atoms with van der Waals surface area (Å²) in [5.74, 6) is 0. The monoisotopic (exact) mass is 295 g/mol. The average molecular weight is 295 g/mol. The zero-order valence-corrected chi connectivity index (χ0v) is 13.6. The summed E-state index contributed by atoms with van der Waals surface area (Å²) in [6.45, 7) is 6.44. The van der Waals surface area contributed by atoms with E-state index in [1.165, 1.54) is 11.1 Å². The van der Waals surface area contributed by atoms with E-state index in [1.807, 2.05) is 24.3 Å². The first kappa shape index (κ1) is 15.5. The molecule has 1 nitrogen and oxygen atoms in total. The Hall–Kier alpha value is -1.93. The normalized spacial score (nSPS) is 11.5. The molecule has 0 aliphatic rings. The zero-order chi connectivity index (χ0) is 15.2. The van der Waals surface area contributed by atoms with E-state index in [-0.39, 0.29) is 0 Å². The first-order chi connectivity index (χ1) is 10.1. The van der Waals surface area contributed by atoms with E-state index in [2.05, 4.69) is 68.3 Å². The van der Waals surface area contributed by atoms with Gasteiger partial charge in [0.05, 0.1) is 0 Å². The average Bonchev–Trinajstić information content (AvgIpc) is 2.53. The maximum atomic E-state index is 5.67. The number of thiocarbonyl (C=S) groups is 1. The second-order valence-electron chi connectivity index (χ2n) is 5.35. The van der Waals surface area contributed by atoms with Gasteiger partial charge in [0.25, 0.3) is 0 Å². The molecule has 21 heavy (non-hydrogen) atoms. The number of allylic oxidation sites excluding steroid dienone is 1. The molecule has 2 aromatic carbocycles. The molecule has 0 bridgehead atoms. The van der Waals surface area contributed by atoms with E-state index in [4.69, 9.17) is 12.2 Å². The first-order valence-electron chi connectivity index (χ1n) is 7.21. The molecule has 0 saturated carbocycles. The van der Waals surface area contributed by atoms with Crippen molar-refractivity contribution in [3.8, 4) is 0 Å². The quantitative estimate of drug-likeness (QED) is 0.719. The molecule has 2 aromatic rings. The molecule has 0 aromatic heterocycles. The Balaban J connectivity index is 2.30. The lowest BCUT2D eigenvalue weighted by molar-refractivity contribution is 0.467. The van der Waals surface area contributed by atoms with Crippen molar-refractivity contribution in [3.63, 3.8) is 0 Å². The molecular weight excluding hydrogens is 274 g/mol. The van der Waals surface area contributed by atoms with Crippen molar-refractivity contribution in [3.05, 3.63) is 78.0 Å². The lowest BCUT2D eigenvalue weighted by Crippen LogP contribution is -2.31. The highest BCUT2D eigenvalue weighted by Gasteiger charge is 2.13. The van der Waals surface area contributed by atoms with Gasteiger partial charge >= 0.3 is 0 Å². The highest BCUT2D eigenvalue weighted by Crippen LogP contribution is 2.18. The van der Waals surface area contributed by atoms with E-state index in [1.54, 1.807) is 0 Å². The van der Waals surface area contributed by atoms with E-state index >= 15 is 0 Å². The SMILES string of the molecule is C/C(=C\N(C(=S)c1ccccc1)C(C)C)c1ccccc1. The summed E-state index contributed by atoms with van der Waals surface area (Å²) < 4.78 is 0. The van der Waals surface area contributed by atoms with Gasteiger partial charge < -0.3 is 4.90 Å². The fourth-order valence-corrected chi connectivity index (χ4v) is 2.56. The Kier molecular flexibility index (Phi) is 5.29. The summed E-state index contributed by atoms with van der Waals surface area (Å²) in [5, 5.41) is 0. The van der Waals surface area contributed by atoms with Gasteiger partial charge in [-0.2, -0.15) is 0 Å². The molecule has 0 heterocycles. The fourth-order valence-electron chi connectivity index (χ4n) is 2.16. The minimum absolute atomic E-state index is 0.316. The van der Waals surface area contributed by atoms with Crippen molar-refractivity contribution < 1.29 is 0 Å². The molecule has 0 radical (unpaired) electrons. The van der Waals surface area contributed by atoms with Crippen molar-refractivity contribution in [2.45, 2.75) is 26.8 Å². The van der Waals surface area contributed by atoms with Gasteiger partial charge in [-0.1, -0.05) is 72.9 Å². The summed E-state index contributed by atoms with van der Waals surface area (Å²) in [7, 11) is 0. The summed E-state index contributed by atoms with van der Waals surface area (Å²) in [5.41, 5.74) is 3.51. The topological polar surface area (TPSA) is 3.24 Å². The molecule has 2 heteroatoms. The van der Waals surface area contributed by atoms with Crippen LogP contribution in [0.1, 0.15) is 31.9 Å². The Labute approximate surface area is 132 Å². The van der Waals surface area contributed by atoms with Crippen LogP contribution in [0.5, 0.6) is 0 Å². The van der Waals surface area contributed by atoms with Crippen LogP contribution in [0.4, 0.5) is 0 Å². The van der Waals surface area contributed by atoms with Crippen LogP contribution in [0.15, 0.2) is 66.9 Å². The summed E-state index contributed by atoms with van der Waals surface area (Å²) in [6, 6.07) is 20.9. The van der Waals surface area contributed by atoms with Crippen molar-refractivity contribution in [1.82, 2.24) is 4.90 Å². The van der Waals surface area contributed by atoms with Crippen LogP contribution in [0, 0.1) is 0 Å². The Morgan fingerprint density at radius 2 is 1.38 bits per heavy atom. The molecular formula is C19H21NS. The highest BCUT2D eigenvalue weighted by atomic mass is 32.1. The molecule has 0 atom stereocenters. The molecule has 0 aliphatic heterocycles. The standard InChI is InChI=1S/C19H21NS/c1-15(2)20(19(21)18-12-8-5-9-13-18)14-16(3)17-10-6-4-7-11-17/h4-15H,1-3H3/b16-14+. The molecule has 2 rings (SSSR count). The van der Waals surface area contributed by atoms with Crippen LogP contribution >= 0.6 is 12.2 Å². The lowest BCUT2D eigenvalue weighted by Gasteiger charge is -2.26. The largest absolute Gasteiger partial charge is 0.336 e. The number of hydrogen-bond donors (Lipinski definition) is 0. The van der Waals surface area contributed by atoms with Crippen LogP contribution < -0.4 is 0 Å². The van der Waals surface area contributed by atoms with Gasteiger partial charge in [0.2, 0.25) is 0 Å². The molecule has 0 fully saturated rings. The Morgan fingerprint density at radius 1 is 0.905 bits per heavy atom. The molecule has 108 valence electrons. The van der Waals surface area contributed by atoms with Gasteiger partial charge in [-0.25, -0.2) is 0 Å². The third-order valence-corrected chi connectivity index (χ3v) is 3.82. The minimum atomic E-state index is 0.316. The van der Waals surface area contributed by atoms with E-state index < -0.39 is 0 Å². The Morgan fingerprint density at radius 3 is 1.86 bits per heavy atom. The van der Waals surface area contributed by atoms with Gasteiger partial charge in [0.1, 0.15) is 4.99 Å². The highest BCUT2D eigenvalue weighted by molar-refractivity contribution is 7.80. The number of benzene rings is 2. The molecule has 0 spiro atoms. The molecule has 0 saturated heterocycles. The van der Waals surface area contributed by atoms with E-state index in [0.717, 1.165) is 10.6 Å². The zero-order valence-electron chi connectivity index (χ0n) is 12.8. The molecule has 0 amide bonds. The van der Waals surface area contributed by atoms with Crippen LogP contribution in [-0.2, 0) is 0 Å². The smallest absolute Gasteiger partial charge is 0.113 e. The Bertz CT molecular complexity index is 615. The molecule has 0 aliphatic carbocycles. The van der Waals surface area contributed by atoms with Gasteiger partial charge in [-0.3, -0.25) is 0 Å². The second-order valence-corrected chi connectivity index (χ2v) is 5.74. The number of rotatable bonds is 4. The van der Waals surface area contributed by atoms with Crippen LogP contribution in [0.3, 0.4) is 0 Å². The molecule has 0 N–H and O–H groups in total. The predicted octanol–water partition coefficient (Wildman–Crippen LogP) is 5.13. The maximum absolute atomic E-state index is 5.67. The van der Waals surface area contributed by atoms with Crippen molar-refractivity contribution in [2.75, 3.05) is 0 Å². The van der Waals surface area contributed by atoms with Crippen molar-refractivity contribution >= 4 is 22.8 Å². The number of hydrogen-bond acceptors (Lipinski definition) is 1. The third-order valence-electron chi connectivity index (χ3n) is 3.37. The third kappa shape index (κ3) is 4.02. The minimum Gasteiger partial charge on any atom is -0.336 e. The van der Waals surface area contributed by atoms with Gasteiger partial charge in [0, 0.05) is 17.8 Å². The van der Waals surface area contributed by atoms with E-state index in [9.17, 15) is 0 Å². The van der Waals surface area contributed by atoms with Crippen molar-refractivity contribution in [1.29, 1.82) is 0 Å². The van der Waals surface area contributed by atoms with Crippen LogP contribution in [-0.4, -0.2) is 15.9 Å². The summed E-state index contributed by atoms with van der Waals surface area (Å²) in [6.07, 6.45) is 2.15. The lowest BCUT2D eigenvalue weighted by atomic mass is 10.1. The van der Waals surface area contributed by atoms with Gasteiger partial charge in [0.15, 0.2) is 0 Å². The fraction of sp³-hybridized carbons (Fsp3) is 0.211.